The molecule has 0 aliphatic carbocycles. The molecule has 102 valence electrons. The van der Waals surface area contributed by atoms with Crippen LogP contribution in [0, 0.1) is 0 Å². The van der Waals surface area contributed by atoms with Crippen molar-refractivity contribution in [1.82, 2.24) is 19.4 Å². The van der Waals surface area contributed by atoms with Crippen LogP contribution in [-0.4, -0.2) is 25.9 Å². The second-order valence-corrected chi connectivity index (χ2v) is 4.98. The van der Waals surface area contributed by atoms with Gasteiger partial charge in [-0.1, -0.05) is 0 Å². The van der Waals surface area contributed by atoms with Crippen LogP contribution in [0.5, 0.6) is 11.6 Å². The first kappa shape index (κ1) is 12.9. The number of ether oxygens (including phenoxy) is 1. The van der Waals surface area contributed by atoms with Gasteiger partial charge in [-0.05, 0) is 28.9 Å². The molecule has 3 rings (SSSR count). The van der Waals surface area contributed by atoms with E-state index in [0.717, 1.165) is 16.8 Å². The Bertz CT molecular complexity index is 742. The molecule has 0 atom stereocenters. The van der Waals surface area contributed by atoms with Gasteiger partial charge in [-0.25, -0.2) is 4.98 Å². The molecule has 0 fully saturated rings. The third-order valence-electron chi connectivity index (χ3n) is 2.60. The van der Waals surface area contributed by atoms with Gasteiger partial charge >= 0.3 is 0 Å². The molecule has 0 radical (unpaired) electrons. The summed E-state index contributed by atoms with van der Waals surface area (Å²) in [7, 11) is 0. The van der Waals surface area contributed by atoms with Crippen molar-refractivity contribution in [3.8, 4) is 11.6 Å². The number of hydrogen-bond acceptors (Lipinski definition) is 5. The fourth-order valence-corrected chi connectivity index (χ4v) is 2.14. The zero-order valence-electron chi connectivity index (χ0n) is 10.7. The second kappa shape index (κ2) is 5.46. The highest BCUT2D eigenvalue weighted by Gasteiger charge is 2.10. The van der Waals surface area contributed by atoms with Gasteiger partial charge in [0, 0.05) is 29.6 Å². The lowest BCUT2D eigenvalue weighted by Gasteiger charge is -2.09. The molecule has 3 heterocycles. The molecule has 6 nitrogen and oxygen atoms in total. The minimum atomic E-state index is 0.438. The summed E-state index contributed by atoms with van der Waals surface area (Å²) >= 11 is 3.36. The molecule has 0 unspecified atom stereocenters. The number of imidazole rings is 1. The second-order valence-electron chi connectivity index (χ2n) is 4.06. The molecule has 0 bridgehead atoms. The summed E-state index contributed by atoms with van der Waals surface area (Å²) in [5.41, 5.74) is 0.659. The number of nitrogens with one attached hydrogen (secondary N) is 1. The van der Waals surface area contributed by atoms with E-state index in [2.05, 4.69) is 36.2 Å². The summed E-state index contributed by atoms with van der Waals surface area (Å²) in [6, 6.07) is 1.83. The predicted octanol–water partition coefficient (Wildman–Crippen LogP) is 3.11. The van der Waals surface area contributed by atoms with Crippen LogP contribution in [0.2, 0.25) is 0 Å². The third-order valence-corrected chi connectivity index (χ3v) is 3.03. The zero-order chi connectivity index (χ0) is 13.9. The van der Waals surface area contributed by atoms with Crippen molar-refractivity contribution in [2.75, 3.05) is 11.9 Å². The number of nitrogens with zero attached hydrogens (tertiary/aromatic N) is 4. The van der Waals surface area contributed by atoms with Crippen molar-refractivity contribution < 1.29 is 4.74 Å². The highest BCUT2D eigenvalue weighted by atomic mass is 79.9. The molecule has 20 heavy (non-hydrogen) atoms. The maximum atomic E-state index is 5.79. The number of aromatic nitrogens is 4. The Labute approximate surface area is 124 Å². The first-order chi connectivity index (χ1) is 9.76. The number of pyridine rings is 1. The number of anilines is 1. The first-order valence-corrected chi connectivity index (χ1v) is 6.91. The van der Waals surface area contributed by atoms with Crippen LogP contribution in [0.25, 0.3) is 5.65 Å². The molecule has 0 spiro atoms. The van der Waals surface area contributed by atoms with Crippen molar-refractivity contribution in [2.45, 2.75) is 6.92 Å². The Morgan fingerprint density at radius 1 is 1.40 bits per heavy atom. The fourth-order valence-electron chi connectivity index (χ4n) is 1.80. The Kier molecular flexibility index (Phi) is 3.51. The topological polar surface area (TPSA) is 64.3 Å². The van der Waals surface area contributed by atoms with Gasteiger partial charge in [0.2, 0.25) is 5.65 Å². The SMILES string of the molecule is CCNc1cn2ccnc2c(Oc2cncc(Br)c2)n1. The van der Waals surface area contributed by atoms with Gasteiger partial charge < -0.3 is 10.1 Å². The monoisotopic (exact) mass is 333 g/mol. The van der Waals surface area contributed by atoms with Crippen molar-refractivity contribution in [2.24, 2.45) is 0 Å². The maximum Gasteiger partial charge on any atom is 0.265 e. The Hall–Kier alpha value is -2.15. The minimum Gasteiger partial charge on any atom is -0.434 e. The van der Waals surface area contributed by atoms with Crippen molar-refractivity contribution in [3.63, 3.8) is 0 Å². The number of fused-ring (bicyclic) bond motifs is 1. The summed E-state index contributed by atoms with van der Waals surface area (Å²) in [4.78, 5) is 12.7. The maximum absolute atomic E-state index is 5.79. The summed E-state index contributed by atoms with van der Waals surface area (Å²) < 4.78 is 8.50. The Balaban J connectivity index is 2.02. The van der Waals surface area contributed by atoms with Crippen molar-refractivity contribution in [1.29, 1.82) is 0 Å². The van der Waals surface area contributed by atoms with E-state index in [0.29, 0.717) is 17.3 Å². The molecule has 3 aromatic rings. The van der Waals surface area contributed by atoms with Gasteiger partial charge in [-0.2, -0.15) is 4.98 Å². The van der Waals surface area contributed by atoms with Crippen molar-refractivity contribution >= 4 is 27.4 Å². The van der Waals surface area contributed by atoms with Gasteiger partial charge in [-0.15, -0.1) is 0 Å². The zero-order valence-corrected chi connectivity index (χ0v) is 12.3. The molecule has 3 aromatic heterocycles. The highest BCUT2D eigenvalue weighted by molar-refractivity contribution is 9.10. The molecular weight excluding hydrogens is 322 g/mol. The lowest BCUT2D eigenvalue weighted by atomic mass is 10.4. The largest absolute Gasteiger partial charge is 0.434 e. The van der Waals surface area contributed by atoms with E-state index >= 15 is 0 Å². The standard InChI is InChI=1S/C13H12BrN5O/c1-2-16-11-8-19-4-3-17-12(19)13(18-11)20-10-5-9(14)6-15-7-10/h3-8,16H,2H2,1H3. The van der Waals surface area contributed by atoms with Gasteiger partial charge in [0.05, 0.1) is 12.4 Å². The minimum absolute atomic E-state index is 0.438. The van der Waals surface area contributed by atoms with Crippen LogP contribution in [0.1, 0.15) is 6.92 Å². The van der Waals surface area contributed by atoms with Gasteiger partial charge in [0.1, 0.15) is 11.6 Å². The molecule has 0 aliphatic rings. The molecule has 0 saturated heterocycles. The lowest BCUT2D eigenvalue weighted by molar-refractivity contribution is 0.463. The molecule has 1 N–H and O–H groups in total. The molecular formula is C13H12BrN5O. The normalized spacial score (nSPS) is 10.7. The fraction of sp³-hybridized carbons (Fsp3) is 0.154. The van der Waals surface area contributed by atoms with Crippen LogP contribution >= 0.6 is 15.9 Å². The summed E-state index contributed by atoms with van der Waals surface area (Å²) in [6.45, 7) is 2.80. The van der Waals surface area contributed by atoms with E-state index in [1.807, 2.05) is 29.8 Å². The molecule has 0 amide bonds. The van der Waals surface area contributed by atoms with Gasteiger partial charge in [0.15, 0.2) is 0 Å². The van der Waals surface area contributed by atoms with Crippen LogP contribution < -0.4 is 10.1 Å². The van der Waals surface area contributed by atoms with Crippen LogP contribution in [-0.2, 0) is 0 Å². The molecule has 0 aromatic carbocycles. The van der Waals surface area contributed by atoms with Gasteiger partial charge in [0.25, 0.3) is 5.88 Å². The predicted molar refractivity (Wildman–Crippen MR) is 79.2 cm³/mol. The number of halogens is 1. The Morgan fingerprint density at radius 2 is 2.30 bits per heavy atom. The highest BCUT2D eigenvalue weighted by Crippen LogP contribution is 2.26. The lowest BCUT2D eigenvalue weighted by Crippen LogP contribution is -2.03. The van der Waals surface area contributed by atoms with E-state index in [4.69, 9.17) is 4.74 Å². The Morgan fingerprint density at radius 3 is 3.10 bits per heavy atom. The van der Waals surface area contributed by atoms with E-state index < -0.39 is 0 Å². The average Bonchev–Trinajstić information content (AvgIpc) is 2.87. The summed E-state index contributed by atoms with van der Waals surface area (Å²) in [5.74, 6) is 1.77. The summed E-state index contributed by atoms with van der Waals surface area (Å²) in [6.07, 6.45) is 8.76. The van der Waals surface area contributed by atoms with E-state index in [9.17, 15) is 0 Å². The van der Waals surface area contributed by atoms with E-state index in [-0.39, 0.29) is 0 Å². The molecule has 0 aliphatic heterocycles. The van der Waals surface area contributed by atoms with Crippen molar-refractivity contribution in [3.05, 3.63) is 41.5 Å². The van der Waals surface area contributed by atoms with Gasteiger partial charge in [-0.3, -0.25) is 9.38 Å². The van der Waals surface area contributed by atoms with Crippen LogP contribution in [0.3, 0.4) is 0 Å². The third kappa shape index (κ3) is 2.57. The van der Waals surface area contributed by atoms with Crippen LogP contribution in [0.15, 0.2) is 41.5 Å². The first-order valence-electron chi connectivity index (χ1n) is 6.12. The number of hydrogen-bond donors (Lipinski definition) is 1. The smallest absolute Gasteiger partial charge is 0.265 e. The van der Waals surface area contributed by atoms with E-state index in [1.165, 1.54) is 0 Å². The van der Waals surface area contributed by atoms with Crippen LogP contribution in [0.4, 0.5) is 5.82 Å². The number of rotatable bonds is 4. The summed E-state index contributed by atoms with van der Waals surface area (Å²) in [5, 5.41) is 3.16. The average molecular weight is 334 g/mol. The van der Waals surface area contributed by atoms with E-state index in [1.54, 1.807) is 18.6 Å². The quantitative estimate of drug-likeness (QED) is 0.794. The molecule has 7 heteroatoms. The molecule has 0 saturated carbocycles.